The first-order valence-corrected chi connectivity index (χ1v) is 8.91. The number of nitrogen functional groups attached to an aromatic ring is 1. The number of nitrogens with one attached hydrogen (secondary N) is 2. The number of nitrogens with two attached hydrogens (primary N) is 1. The highest BCUT2D eigenvalue weighted by Crippen LogP contribution is 2.37. The highest BCUT2D eigenvalue weighted by Gasteiger charge is 2.24. The number of para-hydroxylation sites is 2. The summed E-state index contributed by atoms with van der Waals surface area (Å²) in [6.45, 7) is 0.658. The van der Waals surface area contributed by atoms with E-state index in [9.17, 15) is 4.79 Å². The zero-order valence-electron chi connectivity index (χ0n) is 15.1. The minimum Gasteiger partial charge on any atom is -0.484 e. The number of hydrogen-bond acceptors (Lipinski definition) is 7. The van der Waals surface area contributed by atoms with Gasteiger partial charge in [-0.05, 0) is 30.2 Å². The minimum absolute atomic E-state index is 0.131. The maximum absolute atomic E-state index is 12.0. The second-order valence-corrected chi connectivity index (χ2v) is 6.26. The van der Waals surface area contributed by atoms with Crippen LogP contribution in [-0.2, 0) is 11.2 Å². The van der Waals surface area contributed by atoms with Crippen molar-refractivity contribution in [2.75, 3.05) is 29.2 Å². The van der Waals surface area contributed by atoms with Crippen LogP contribution in [0.4, 0.5) is 23.0 Å². The predicted molar refractivity (Wildman–Crippen MR) is 107 cm³/mol. The monoisotopic (exact) mass is 376 g/mol. The lowest BCUT2D eigenvalue weighted by atomic mass is 10.2. The maximum atomic E-state index is 12.0. The zero-order valence-corrected chi connectivity index (χ0v) is 15.1. The molecule has 1 aromatic heterocycles. The molecule has 28 heavy (non-hydrogen) atoms. The summed E-state index contributed by atoms with van der Waals surface area (Å²) >= 11 is 0. The van der Waals surface area contributed by atoms with Gasteiger partial charge in [0.15, 0.2) is 18.2 Å². The zero-order chi connectivity index (χ0) is 19.3. The molecule has 0 saturated carbocycles. The van der Waals surface area contributed by atoms with E-state index in [1.165, 1.54) is 11.9 Å². The van der Waals surface area contributed by atoms with E-state index in [1.807, 2.05) is 36.4 Å². The van der Waals surface area contributed by atoms with Crippen LogP contribution in [0.25, 0.3) is 0 Å². The maximum Gasteiger partial charge on any atom is 0.276 e. The quantitative estimate of drug-likeness (QED) is 0.567. The summed E-state index contributed by atoms with van der Waals surface area (Å²) in [6, 6.07) is 17.3. The van der Waals surface area contributed by atoms with Gasteiger partial charge in [-0.25, -0.2) is 9.97 Å². The van der Waals surface area contributed by atoms with E-state index in [0.29, 0.717) is 23.1 Å². The molecule has 1 amide bonds. The largest absolute Gasteiger partial charge is 0.484 e. The van der Waals surface area contributed by atoms with Crippen LogP contribution in [0.2, 0.25) is 0 Å². The number of carbonyl (C=O) groups excluding carboxylic acids is 1. The summed E-state index contributed by atoms with van der Waals surface area (Å²) in [5, 5.41) is 0. The number of hydrazine groups is 1. The molecule has 4 rings (SSSR count). The Kier molecular flexibility index (Phi) is 4.92. The van der Waals surface area contributed by atoms with Crippen LogP contribution >= 0.6 is 0 Å². The average Bonchev–Trinajstić information content (AvgIpc) is 3.16. The van der Waals surface area contributed by atoms with Crippen LogP contribution in [0.3, 0.4) is 0 Å². The van der Waals surface area contributed by atoms with Crippen LogP contribution in [0.15, 0.2) is 60.9 Å². The lowest BCUT2D eigenvalue weighted by Gasteiger charge is -2.21. The van der Waals surface area contributed by atoms with Crippen LogP contribution in [0.5, 0.6) is 5.75 Å². The molecule has 8 nitrogen and oxygen atoms in total. The van der Waals surface area contributed by atoms with Crippen molar-refractivity contribution < 1.29 is 9.53 Å². The SMILES string of the molecule is Nc1c(NNC(=O)COc2ccccc2)ncnc1N1CCc2ccccc21. The second kappa shape index (κ2) is 7.83. The van der Waals surface area contributed by atoms with Gasteiger partial charge in [-0.1, -0.05) is 36.4 Å². The van der Waals surface area contributed by atoms with Crippen molar-refractivity contribution in [2.24, 2.45) is 0 Å². The summed E-state index contributed by atoms with van der Waals surface area (Å²) in [7, 11) is 0. The molecule has 1 aliphatic rings. The van der Waals surface area contributed by atoms with E-state index in [-0.39, 0.29) is 12.5 Å². The molecule has 1 aliphatic heterocycles. The summed E-state index contributed by atoms with van der Waals surface area (Å²) in [5.74, 6) is 1.21. The van der Waals surface area contributed by atoms with E-state index in [1.54, 1.807) is 12.1 Å². The Morgan fingerprint density at radius 3 is 2.75 bits per heavy atom. The first-order valence-electron chi connectivity index (χ1n) is 8.91. The molecule has 2 heterocycles. The molecule has 0 bridgehead atoms. The fourth-order valence-electron chi connectivity index (χ4n) is 3.09. The Morgan fingerprint density at radius 2 is 1.89 bits per heavy atom. The topological polar surface area (TPSA) is 105 Å². The molecule has 0 aliphatic carbocycles. The molecule has 0 atom stereocenters. The molecule has 0 fully saturated rings. The first kappa shape index (κ1) is 17.6. The van der Waals surface area contributed by atoms with Crippen LogP contribution < -0.4 is 26.2 Å². The van der Waals surface area contributed by atoms with E-state index >= 15 is 0 Å². The lowest BCUT2D eigenvalue weighted by Crippen LogP contribution is -2.34. The fraction of sp³-hybridized carbons (Fsp3) is 0.150. The third kappa shape index (κ3) is 3.66. The van der Waals surface area contributed by atoms with Crippen molar-refractivity contribution >= 4 is 28.9 Å². The van der Waals surface area contributed by atoms with Gasteiger partial charge in [0, 0.05) is 12.2 Å². The lowest BCUT2D eigenvalue weighted by molar-refractivity contribution is -0.122. The standard InChI is InChI=1S/C20H20N6O2/c21-18-19(25-24-17(27)12-28-15-7-2-1-3-8-15)22-13-23-20(18)26-11-10-14-6-4-5-9-16(14)26/h1-9,13H,10-12,21H2,(H,24,27)(H,22,23,25). The van der Waals surface area contributed by atoms with Crippen LogP contribution in [0.1, 0.15) is 5.56 Å². The number of benzene rings is 2. The summed E-state index contributed by atoms with van der Waals surface area (Å²) in [6.07, 6.45) is 2.34. The number of amides is 1. The fourth-order valence-corrected chi connectivity index (χ4v) is 3.09. The minimum atomic E-state index is -0.352. The number of nitrogens with zero attached hydrogens (tertiary/aromatic N) is 3. The molecule has 2 aromatic carbocycles. The van der Waals surface area contributed by atoms with Crippen molar-refractivity contribution in [3.63, 3.8) is 0 Å². The summed E-state index contributed by atoms with van der Waals surface area (Å²) in [4.78, 5) is 22.5. The van der Waals surface area contributed by atoms with Gasteiger partial charge in [0.2, 0.25) is 0 Å². The number of hydrogen-bond donors (Lipinski definition) is 3. The Balaban J connectivity index is 1.41. The Morgan fingerprint density at radius 1 is 1.11 bits per heavy atom. The van der Waals surface area contributed by atoms with E-state index < -0.39 is 0 Å². The molecule has 0 radical (unpaired) electrons. The Hall–Kier alpha value is -3.81. The smallest absolute Gasteiger partial charge is 0.276 e. The molecule has 4 N–H and O–H groups in total. The third-order valence-corrected chi connectivity index (χ3v) is 4.44. The molecule has 0 spiro atoms. The van der Waals surface area contributed by atoms with Gasteiger partial charge in [0.1, 0.15) is 17.8 Å². The third-order valence-electron chi connectivity index (χ3n) is 4.44. The van der Waals surface area contributed by atoms with Crippen molar-refractivity contribution in [3.05, 3.63) is 66.5 Å². The molecular weight excluding hydrogens is 356 g/mol. The van der Waals surface area contributed by atoms with Gasteiger partial charge < -0.3 is 15.4 Å². The second-order valence-electron chi connectivity index (χ2n) is 6.26. The Bertz CT molecular complexity index is 979. The summed E-state index contributed by atoms with van der Waals surface area (Å²) in [5.41, 5.74) is 14.3. The molecule has 0 saturated heterocycles. The van der Waals surface area contributed by atoms with E-state index in [4.69, 9.17) is 10.5 Å². The molecule has 3 aromatic rings. The predicted octanol–water partition coefficient (Wildman–Crippen LogP) is 2.28. The number of rotatable bonds is 6. The number of carbonyl (C=O) groups is 1. The number of fused-ring (bicyclic) bond motifs is 1. The first-order chi connectivity index (χ1) is 13.7. The van der Waals surface area contributed by atoms with Crippen LogP contribution in [-0.4, -0.2) is 29.0 Å². The van der Waals surface area contributed by atoms with Gasteiger partial charge in [0.05, 0.1) is 0 Å². The molecule has 8 heteroatoms. The average molecular weight is 376 g/mol. The normalized spacial score (nSPS) is 12.4. The highest BCUT2D eigenvalue weighted by atomic mass is 16.5. The highest BCUT2D eigenvalue weighted by molar-refractivity contribution is 5.83. The van der Waals surface area contributed by atoms with Crippen molar-refractivity contribution in [1.29, 1.82) is 0 Å². The van der Waals surface area contributed by atoms with Crippen molar-refractivity contribution in [1.82, 2.24) is 15.4 Å². The number of ether oxygens (including phenoxy) is 1. The van der Waals surface area contributed by atoms with Gasteiger partial charge >= 0.3 is 0 Å². The van der Waals surface area contributed by atoms with Gasteiger partial charge in [-0.15, -0.1) is 0 Å². The number of aromatic nitrogens is 2. The van der Waals surface area contributed by atoms with E-state index in [0.717, 1.165) is 18.7 Å². The Labute approximate surface area is 162 Å². The summed E-state index contributed by atoms with van der Waals surface area (Å²) < 4.78 is 5.41. The molecular formula is C20H20N6O2. The van der Waals surface area contributed by atoms with E-state index in [2.05, 4.69) is 31.8 Å². The molecule has 142 valence electrons. The van der Waals surface area contributed by atoms with Gasteiger partial charge in [-0.2, -0.15) is 0 Å². The number of anilines is 4. The van der Waals surface area contributed by atoms with Gasteiger partial charge in [0.25, 0.3) is 5.91 Å². The van der Waals surface area contributed by atoms with Gasteiger partial charge in [-0.3, -0.25) is 15.6 Å². The van der Waals surface area contributed by atoms with Crippen LogP contribution in [0, 0.1) is 0 Å². The van der Waals surface area contributed by atoms with Crippen molar-refractivity contribution in [3.8, 4) is 5.75 Å². The molecule has 0 unspecified atom stereocenters. The van der Waals surface area contributed by atoms with Crippen molar-refractivity contribution in [2.45, 2.75) is 6.42 Å².